The summed E-state index contributed by atoms with van der Waals surface area (Å²) in [6.07, 6.45) is 1.71. The molecule has 4 heteroatoms. The standard InChI is InChI=1S/C16H25ClO2Si/c1-7-14(19-20(5,6)16(2,3)4)12-18-15-10-8-9-13(17)11-15/h7-11,14H,1,12H2,2-6H3/t14-/m1/s1. The van der Waals surface area contributed by atoms with Crippen molar-refractivity contribution in [1.82, 2.24) is 0 Å². The molecule has 20 heavy (non-hydrogen) atoms. The number of benzene rings is 1. The first-order valence-electron chi connectivity index (χ1n) is 6.84. The van der Waals surface area contributed by atoms with Gasteiger partial charge in [0.05, 0.1) is 6.10 Å². The Kier molecular flexibility index (Phi) is 5.87. The summed E-state index contributed by atoms with van der Waals surface area (Å²) in [5, 5.41) is 0.840. The van der Waals surface area contributed by atoms with Crippen LogP contribution < -0.4 is 4.74 Å². The molecule has 0 aliphatic rings. The third kappa shape index (κ3) is 4.96. The number of hydrogen-bond acceptors (Lipinski definition) is 2. The molecular weight excluding hydrogens is 288 g/mol. The molecular formula is C16H25ClO2Si. The summed E-state index contributed by atoms with van der Waals surface area (Å²) in [7, 11) is -1.82. The fourth-order valence-corrected chi connectivity index (χ4v) is 2.90. The monoisotopic (exact) mass is 312 g/mol. The van der Waals surface area contributed by atoms with Gasteiger partial charge in [0.15, 0.2) is 8.32 Å². The molecule has 2 nitrogen and oxygen atoms in total. The highest BCUT2D eigenvalue weighted by Crippen LogP contribution is 2.37. The van der Waals surface area contributed by atoms with E-state index in [-0.39, 0.29) is 11.1 Å². The van der Waals surface area contributed by atoms with Gasteiger partial charge in [-0.2, -0.15) is 0 Å². The summed E-state index contributed by atoms with van der Waals surface area (Å²) in [4.78, 5) is 0. The van der Waals surface area contributed by atoms with Gasteiger partial charge in [0.25, 0.3) is 0 Å². The predicted molar refractivity (Wildman–Crippen MR) is 89.2 cm³/mol. The maximum absolute atomic E-state index is 6.27. The highest BCUT2D eigenvalue weighted by atomic mass is 35.5. The van der Waals surface area contributed by atoms with E-state index in [0.29, 0.717) is 11.6 Å². The molecule has 0 aliphatic heterocycles. The van der Waals surface area contributed by atoms with E-state index in [2.05, 4.69) is 40.4 Å². The normalized spacial score (nSPS) is 13.9. The van der Waals surface area contributed by atoms with Gasteiger partial charge in [0.2, 0.25) is 0 Å². The van der Waals surface area contributed by atoms with Gasteiger partial charge in [-0.1, -0.05) is 44.5 Å². The summed E-state index contributed by atoms with van der Waals surface area (Å²) in [5.41, 5.74) is 0. The van der Waals surface area contributed by atoms with Crippen molar-refractivity contribution < 1.29 is 9.16 Å². The first-order valence-corrected chi connectivity index (χ1v) is 10.1. The van der Waals surface area contributed by atoms with E-state index < -0.39 is 8.32 Å². The summed E-state index contributed by atoms with van der Waals surface area (Å²) < 4.78 is 12.0. The molecule has 0 saturated heterocycles. The minimum atomic E-state index is -1.82. The number of hydrogen-bond donors (Lipinski definition) is 0. The van der Waals surface area contributed by atoms with Crippen molar-refractivity contribution in [2.45, 2.75) is 45.0 Å². The first-order chi connectivity index (χ1) is 9.15. The highest BCUT2D eigenvalue weighted by molar-refractivity contribution is 6.74. The van der Waals surface area contributed by atoms with Crippen molar-refractivity contribution in [3.8, 4) is 5.75 Å². The van der Waals surface area contributed by atoms with Crippen LogP contribution in [0.2, 0.25) is 23.2 Å². The van der Waals surface area contributed by atoms with Gasteiger partial charge in [0, 0.05) is 5.02 Å². The zero-order valence-corrected chi connectivity index (χ0v) is 14.8. The van der Waals surface area contributed by atoms with Crippen LogP contribution in [0.3, 0.4) is 0 Å². The van der Waals surface area contributed by atoms with Crippen LogP contribution in [0.15, 0.2) is 36.9 Å². The van der Waals surface area contributed by atoms with Crippen LogP contribution in [0.4, 0.5) is 0 Å². The van der Waals surface area contributed by atoms with Crippen LogP contribution >= 0.6 is 11.6 Å². The van der Waals surface area contributed by atoms with Crippen LogP contribution in [0.25, 0.3) is 0 Å². The second-order valence-corrected chi connectivity index (χ2v) is 11.6. The van der Waals surface area contributed by atoms with E-state index in [1.807, 2.05) is 24.3 Å². The zero-order valence-electron chi connectivity index (χ0n) is 13.1. The molecule has 1 rings (SSSR count). The molecule has 0 bridgehead atoms. The van der Waals surface area contributed by atoms with Crippen LogP contribution in [0.5, 0.6) is 5.75 Å². The maximum Gasteiger partial charge on any atom is 0.193 e. The van der Waals surface area contributed by atoms with E-state index >= 15 is 0 Å². The van der Waals surface area contributed by atoms with Crippen molar-refractivity contribution in [2.75, 3.05) is 6.61 Å². The smallest absolute Gasteiger partial charge is 0.193 e. The van der Waals surface area contributed by atoms with Gasteiger partial charge in [0.1, 0.15) is 12.4 Å². The number of rotatable bonds is 6. The van der Waals surface area contributed by atoms with Crippen molar-refractivity contribution in [1.29, 1.82) is 0 Å². The predicted octanol–water partition coefficient (Wildman–Crippen LogP) is 5.30. The lowest BCUT2D eigenvalue weighted by Gasteiger charge is -2.38. The lowest BCUT2D eigenvalue weighted by atomic mass is 10.2. The molecule has 0 radical (unpaired) electrons. The van der Waals surface area contributed by atoms with Crippen LogP contribution in [0.1, 0.15) is 20.8 Å². The minimum Gasteiger partial charge on any atom is -0.491 e. The Bertz CT molecular complexity index is 452. The molecule has 0 fully saturated rings. The van der Waals surface area contributed by atoms with Crippen LogP contribution in [-0.2, 0) is 4.43 Å². The molecule has 112 valence electrons. The molecule has 0 amide bonds. The lowest BCUT2D eigenvalue weighted by Crippen LogP contribution is -2.44. The van der Waals surface area contributed by atoms with E-state index in [4.69, 9.17) is 20.8 Å². The Morgan fingerprint density at radius 1 is 1.35 bits per heavy atom. The largest absolute Gasteiger partial charge is 0.491 e. The van der Waals surface area contributed by atoms with E-state index in [1.165, 1.54) is 0 Å². The Hall–Kier alpha value is -0.773. The average Bonchev–Trinajstić information content (AvgIpc) is 2.33. The molecule has 1 aromatic rings. The van der Waals surface area contributed by atoms with Gasteiger partial charge in [-0.15, -0.1) is 6.58 Å². The third-order valence-corrected chi connectivity index (χ3v) is 8.46. The maximum atomic E-state index is 6.27. The number of ether oxygens (including phenoxy) is 1. The zero-order chi connectivity index (χ0) is 15.4. The van der Waals surface area contributed by atoms with Crippen LogP contribution in [-0.4, -0.2) is 21.0 Å². The molecule has 0 unspecified atom stereocenters. The fourth-order valence-electron chi connectivity index (χ4n) is 1.44. The van der Waals surface area contributed by atoms with Gasteiger partial charge in [-0.25, -0.2) is 0 Å². The summed E-state index contributed by atoms with van der Waals surface area (Å²) >= 11 is 5.94. The quantitative estimate of drug-likeness (QED) is 0.524. The van der Waals surface area contributed by atoms with Crippen molar-refractivity contribution in [3.05, 3.63) is 41.9 Å². The van der Waals surface area contributed by atoms with E-state index in [9.17, 15) is 0 Å². The van der Waals surface area contributed by atoms with Crippen LogP contribution in [0, 0.1) is 0 Å². The lowest BCUT2D eigenvalue weighted by molar-refractivity contribution is 0.150. The van der Waals surface area contributed by atoms with Crippen molar-refractivity contribution in [3.63, 3.8) is 0 Å². The number of halogens is 1. The first kappa shape index (κ1) is 17.3. The SMILES string of the molecule is C=C[C@H](COc1cccc(Cl)c1)O[Si](C)(C)C(C)(C)C. The Labute approximate surface area is 128 Å². The van der Waals surface area contributed by atoms with Crippen molar-refractivity contribution >= 4 is 19.9 Å². The minimum absolute atomic E-state index is 0.102. The van der Waals surface area contributed by atoms with Gasteiger partial charge < -0.3 is 9.16 Å². The van der Waals surface area contributed by atoms with Gasteiger partial charge >= 0.3 is 0 Å². The molecule has 0 heterocycles. The summed E-state index contributed by atoms with van der Waals surface area (Å²) in [6, 6.07) is 7.38. The topological polar surface area (TPSA) is 18.5 Å². The average molecular weight is 313 g/mol. The Morgan fingerprint density at radius 2 is 2.00 bits per heavy atom. The molecule has 0 aliphatic carbocycles. The van der Waals surface area contributed by atoms with E-state index in [1.54, 1.807) is 6.07 Å². The second-order valence-electron chi connectivity index (χ2n) is 6.42. The summed E-state index contributed by atoms with van der Waals surface area (Å²) in [5.74, 6) is 0.753. The molecule has 0 saturated carbocycles. The molecule has 0 aromatic heterocycles. The Balaban J connectivity index is 2.63. The Morgan fingerprint density at radius 3 is 2.50 bits per heavy atom. The molecule has 1 atom stereocenters. The second kappa shape index (κ2) is 6.79. The molecule has 0 spiro atoms. The van der Waals surface area contributed by atoms with Gasteiger partial charge in [-0.05, 0) is 36.3 Å². The highest BCUT2D eigenvalue weighted by Gasteiger charge is 2.38. The fraction of sp³-hybridized carbons (Fsp3) is 0.500. The third-order valence-electron chi connectivity index (χ3n) is 3.73. The van der Waals surface area contributed by atoms with Gasteiger partial charge in [-0.3, -0.25) is 0 Å². The van der Waals surface area contributed by atoms with E-state index in [0.717, 1.165) is 5.75 Å². The summed E-state index contributed by atoms with van der Waals surface area (Å²) in [6.45, 7) is 15.4. The molecule has 0 N–H and O–H groups in total. The molecule has 1 aromatic carbocycles. The van der Waals surface area contributed by atoms with Crippen molar-refractivity contribution in [2.24, 2.45) is 0 Å².